The van der Waals surface area contributed by atoms with Crippen LogP contribution in [0.15, 0.2) is 5.10 Å². The Hall–Kier alpha value is -2.00. The van der Waals surface area contributed by atoms with E-state index in [4.69, 9.17) is 4.74 Å². The van der Waals surface area contributed by atoms with Crippen molar-refractivity contribution in [3.63, 3.8) is 0 Å². The maximum Gasteiger partial charge on any atom is 0.427 e. The lowest BCUT2D eigenvalue weighted by molar-refractivity contribution is -0.145. The number of carbonyl (C=O) groups excluding carboxylic acids is 3. The zero-order valence-electron chi connectivity index (χ0n) is 17.3. The van der Waals surface area contributed by atoms with E-state index in [9.17, 15) is 24.6 Å². The first-order chi connectivity index (χ1) is 14.4. The Morgan fingerprint density at radius 3 is 2.50 bits per heavy atom. The Bertz CT molecular complexity index is 734. The molecule has 0 aromatic heterocycles. The number of likely N-dealkylation sites (tertiary alicyclic amines) is 1. The van der Waals surface area contributed by atoms with Gasteiger partial charge in [0.25, 0.3) is 0 Å². The summed E-state index contributed by atoms with van der Waals surface area (Å²) in [7, 11) is 0. The van der Waals surface area contributed by atoms with E-state index in [1.165, 1.54) is 4.90 Å². The summed E-state index contributed by atoms with van der Waals surface area (Å²) in [6, 6.07) is -0.0490. The molecule has 3 amide bonds. The Labute approximate surface area is 175 Å². The number of nitrogens with one attached hydrogen (secondary N) is 1. The van der Waals surface area contributed by atoms with Gasteiger partial charge >= 0.3 is 6.09 Å². The SMILES string of the molecule is CCOC(=O)NN=C1C[C@@H](O)[C@@H](O)[C@@H]2[C@@H]3C(=O)N(C4CCCCC4)C(=O)[C@@H]3CC[C@@H]12. The first kappa shape index (κ1) is 21.2. The van der Waals surface area contributed by atoms with Gasteiger partial charge in [-0.1, -0.05) is 19.3 Å². The number of amides is 3. The molecule has 3 aliphatic carbocycles. The average Bonchev–Trinajstić information content (AvgIpc) is 3.00. The number of aliphatic hydroxyl groups is 2. The van der Waals surface area contributed by atoms with Gasteiger partial charge in [-0.05, 0) is 32.6 Å². The third-order valence-electron chi connectivity index (χ3n) is 7.32. The molecule has 1 saturated heterocycles. The molecule has 166 valence electrons. The smallest absolute Gasteiger partial charge is 0.427 e. The molecule has 3 N–H and O–H groups in total. The minimum atomic E-state index is -1.10. The lowest BCUT2D eigenvalue weighted by Crippen LogP contribution is -2.55. The molecule has 4 aliphatic rings. The maximum atomic E-state index is 13.4. The van der Waals surface area contributed by atoms with E-state index in [1.54, 1.807) is 6.92 Å². The molecular weight excluding hydrogens is 390 g/mol. The highest BCUT2D eigenvalue weighted by molar-refractivity contribution is 6.06. The number of imide groups is 1. The molecule has 0 unspecified atom stereocenters. The maximum absolute atomic E-state index is 13.4. The van der Waals surface area contributed by atoms with E-state index in [0.717, 1.165) is 32.1 Å². The fraction of sp³-hybridized carbons (Fsp3) is 0.810. The summed E-state index contributed by atoms with van der Waals surface area (Å²) < 4.78 is 4.82. The van der Waals surface area contributed by atoms with Crippen molar-refractivity contribution in [3.8, 4) is 0 Å². The molecule has 4 fully saturated rings. The summed E-state index contributed by atoms with van der Waals surface area (Å²) in [4.78, 5) is 39.6. The van der Waals surface area contributed by atoms with Crippen LogP contribution < -0.4 is 5.43 Å². The first-order valence-corrected chi connectivity index (χ1v) is 11.2. The van der Waals surface area contributed by atoms with Crippen LogP contribution in [-0.2, 0) is 14.3 Å². The van der Waals surface area contributed by atoms with Crippen molar-refractivity contribution >= 4 is 23.6 Å². The third-order valence-corrected chi connectivity index (χ3v) is 7.32. The number of fused-ring (bicyclic) bond motifs is 3. The van der Waals surface area contributed by atoms with Gasteiger partial charge in [0.2, 0.25) is 11.8 Å². The van der Waals surface area contributed by atoms with Crippen molar-refractivity contribution in [1.82, 2.24) is 10.3 Å². The van der Waals surface area contributed by atoms with Gasteiger partial charge in [0.05, 0.1) is 30.7 Å². The van der Waals surface area contributed by atoms with E-state index >= 15 is 0 Å². The molecular formula is C21H31N3O6. The highest BCUT2D eigenvalue weighted by Gasteiger charge is 2.60. The molecule has 3 saturated carbocycles. The van der Waals surface area contributed by atoms with Gasteiger partial charge in [-0.15, -0.1) is 0 Å². The van der Waals surface area contributed by atoms with Crippen LogP contribution >= 0.6 is 0 Å². The fourth-order valence-electron chi connectivity index (χ4n) is 6.00. The van der Waals surface area contributed by atoms with Crippen LogP contribution in [0.5, 0.6) is 0 Å². The normalized spacial score (nSPS) is 38.4. The summed E-state index contributed by atoms with van der Waals surface area (Å²) in [5.41, 5.74) is 2.88. The second-order valence-corrected chi connectivity index (χ2v) is 8.93. The van der Waals surface area contributed by atoms with Gasteiger partial charge in [-0.2, -0.15) is 5.10 Å². The number of nitrogens with zero attached hydrogens (tertiary/aromatic N) is 2. The van der Waals surface area contributed by atoms with Crippen molar-refractivity contribution in [2.45, 2.75) is 76.5 Å². The minimum Gasteiger partial charge on any atom is -0.449 e. The lowest BCUT2D eigenvalue weighted by Gasteiger charge is -2.45. The van der Waals surface area contributed by atoms with Gasteiger partial charge in [-0.3, -0.25) is 14.5 Å². The standard InChI is InChI=1S/C21H31N3O6/c1-2-30-21(29)23-22-14-10-15(25)18(26)16-12(14)8-9-13-17(16)20(28)24(19(13)27)11-6-4-3-5-7-11/h11-13,15-18,25-26H,2-10H2,1H3,(H,23,29)/t12-,13+,15+,16-,17+,18+/m0/s1. The summed E-state index contributed by atoms with van der Waals surface area (Å²) in [6.45, 7) is 1.90. The van der Waals surface area contributed by atoms with Crippen molar-refractivity contribution in [2.75, 3.05) is 6.61 Å². The van der Waals surface area contributed by atoms with Crippen molar-refractivity contribution < 1.29 is 29.3 Å². The number of hydrogen-bond donors (Lipinski definition) is 3. The number of aliphatic hydroxyl groups excluding tert-OH is 2. The summed E-state index contributed by atoms with van der Waals surface area (Å²) in [5.74, 6) is -2.27. The Balaban J connectivity index is 1.59. The topological polar surface area (TPSA) is 129 Å². The van der Waals surface area contributed by atoms with E-state index in [-0.39, 0.29) is 36.8 Å². The molecule has 0 bridgehead atoms. The van der Waals surface area contributed by atoms with Crippen LogP contribution in [-0.4, -0.2) is 63.6 Å². The largest absolute Gasteiger partial charge is 0.449 e. The van der Waals surface area contributed by atoms with Gasteiger partial charge in [0.15, 0.2) is 0 Å². The van der Waals surface area contributed by atoms with Gasteiger partial charge in [0.1, 0.15) is 0 Å². The quantitative estimate of drug-likeness (QED) is 0.464. The molecule has 1 aliphatic heterocycles. The predicted octanol–water partition coefficient (Wildman–Crippen LogP) is 1.17. The van der Waals surface area contributed by atoms with Crippen LogP contribution in [0.3, 0.4) is 0 Å². The van der Waals surface area contributed by atoms with E-state index < -0.39 is 36.1 Å². The van der Waals surface area contributed by atoms with Crippen molar-refractivity contribution in [2.24, 2.45) is 28.8 Å². The Morgan fingerprint density at radius 2 is 1.80 bits per heavy atom. The Morgan fingerprint density at radius 1 is 1.10 bits per heavy atom. The molecule has 9 heteroatoms. The predicted molar refractivity (Wildman–Crippen MR) is 106 cm³/mol. The molecule has 30 heavy (non-hydrogen) atoms. The van der Waals surface area contributed by atoms with Crippen molar-refractivity contribution in [1.29, 1.82) is 0 Å². The van der Waals surface area contributed by atoms with Crippen LogP contribution in [0.4, 0.5) is 4.79 Å². The van der Waals surface area contributed by atoms with Gasteiger partial charge < -0.3 is 14.9 Å². The van der Waals surface area contributed by atoms with Crippen LogP contribution in [0.1, 0.15) is 58.3 Å². The molecule has 9 nitrogen and oxygen atoms in total. The zero-order valence-corrected chi connectivity index (χ0v) is 17.3. The molecule has 0 radical (unpaired) electrons. The van der Waals surface area contributed by atoms with Crippen molar-refractivity contribution in [3.05, 3.63) is 0 Å². The first-order valence-electron chi connectivity index (χ1n) is 11.2. The lowest BCUT2D eigenvalue weighted by atomic mass is 9.60. The van der Waals surface area contributed by atoms with Gasteiger partial charge in [0, 0.05) is 30.0 Å². The van der Waals surface area contributed by atoms with E-state index in [0.29, 0.717) is 18.6 Å². The summed E-state index contributed by atoms with van der Waals surface area (Å²) in [5, 5.41) is 25.4. The molecule has 0 aromatic carbocycles. The average molecular weight is 421 g/mol. The van der Waals surface area contributed by atoms with E-state index in [1.807, 2.05) is 0 Å². The van der Waals surface area contributed by atoms with Crippen LogP contribution in [0.25, 0.3) is 0 Å². The Kier molecular flexibility index (Phi) is 6.11. The second-order valence-electron chi connectivity index (χ2n) is 8.93. The molecule has 6 atom stereocenters. The highest BCUT2D eigenvalue weighted by atomic mass is 16.5. The van der Waals surface area contributed by atoms with E-state index in [2.05, 4.69) is 10.5 Å². The molecule has 1 heterocycles. The summed E-state index contributed by atoms with van der Waals surface area (Å²) >= 11 is 0. The highest BCUT2D eigenvalue weighted by Crippen LogP contribution is 2.50. The number of carbonyl (C=O) groups is 3. The minimum absolute atomic E-state index is 0.0490. The van der Waals surface area contributed by atoms with Crippen LogP contribution in [0, 0.1) is 23.7 Å². The number of hydrogen-bond acceptors (Lipinski definition) is 7. The molecule has 0 aromatic rings. The van der Waals surface area contributed by atoms with Crippen LogP contribution in [0.2, 0.25) is 0 Å². The number of hydrazone groups is 1. The zero-order chi connectivity index (χ0) is 21.4. The molecule has 4 rings (SSSR count). The fourth-order valence-corrected chi connectivity index (χ4v) is 6.00. The summed E-state index contributed by atoms with van der Waals surface area (Å²) in [6.07, 6.45) is 3.18. The monoisotopic (exact) mass is 421 g/mol. The third kappa shape index (κ3) is 3.62. The van der Waals surface area contributed by atoms with Gasteiger partial charge in [-0.25, -0.2) is 10.2 Å². The number of rotatable bonds is 3. The number of ether oxygens (including phenoxy) is 1. The second kappa shape index (κ2) is 8.63. The molecule has 0 spiro atoms.